The fraction of sp³-hybridized carbons (Fsp3) is 0.667. The Morgan fingerprint density at radius 2 is 2.06 bits per heavy atom. The molecule has 1 rings (SSSR count). The summed E-state index contributed by atoms with van der Waals surface area (Å²) in [5.74, 6) is -1.67. The molecule has 1 fully saturated rings. The van der Waals surface area contributed by atoms with Gasteiger partial charge in [0.05, 0.1) is 17.4 Å². The molecule has 1 saturated carbocycles. The average Bonchev–Trinajstić information content (AvgIpc) is 2.77. The van der Waals surface area contributed by atoms with Gasteiger partial charge in [0.1, 0.15) is 0 Å². The highest BCUT2D eigenvalue weighted by atomic mass is 32.2. The minimum Gasteiger partial charge on any atom is -0.481 e. The number of hydrogen-bond acceptors (Lipinski definition) is 4. The second-order valence-corrected chi connectivity index (χ2v) is 5.47. The molecule has 4 nitrogen and oxygen atoms in total. The van der Waals surface area contributed by atoms with Crippen LogP contribution in [-0.4, -0.2) is 29.9 Å². The lowest BCUT2D eigenvalue weighted by atomic mass is 10.1. The average molecular weight is 258 g/mol. The number of carbonyl (C=O) groups is 2. The van der Waals surface area contributed by atoms with Crippen molar-refractivity contribution in [2.75, 3.05) is 12.9 Å². The van der Waals surface area contributed by atoms with Gasteiger partial charge in [-0.3, -0.25) is 4.79 Å². The Labute approximate surface area is 105 Å². The van der Waals surface area contributed by atoms with Crippen molar-refractivity contribution in [3.05, 3.63) is 11.0 Å². The van der Waals surface area contributed by atoms with Gasteiger partial charge in [-0.05, 0) is 24.5 Å². The quantitative estimate of drug-likeness (QED) is 0.604. The zero-order chi connectivity index (χ0) is 13.2. The van der Waals surface area contributed by atoms with Crippen LogP contribution in [0.25, 0.3) is 0 Å². The molecule has 0 aliphatic heterocycles. The molecule has 0 amide bonds. The van der Waals surface area contributed by atoms with Crippen LogP contribution in [0.5, 0.6) is 0 Å². The van der Waals surface area contributed by atoms with E-state index in [1.54, 1.807) is 19.3 Å². The number of rotatable bonds is 5. The van der Waals surface area contributed by atoms with Gasteiger partial charge in [0.2, 0.25) is 0 Å². The summed E-state index contributed by atoms with van der Waals surface area (Å²) in [6.45, 7) is 5.87. The van der Waals surface area contributed by atoms with Crippen LogP contribution in [0.2, 0.25) is 0 Å². The van der Waals surface area contributed by atoms with Gasteiger partial charge in [0.15, 0.2) is 0 Å². The highest BCUT2D eigenvalue weighted by Crippen LogP contribution is 2.59. The van der Waals surface area contributed by atoms with Crippen molar-refractivity contribution in [3.63, 3.8) is 0 Å². The maximum atomic E-state index is 11.6. The van der Waals surface area contributed by atoms with Gasteiger partial charge < -0.3 is 9.84 Å². The highest BCUT2D eigenvalue weighted by molar-refractivity contribution is 8.03. The Balaban J connectivity index is 2.81. The third-order valence-corrected chi connectivity index (χ3v) is 3.95. The monoisotopic (exact) mass is 258 g/mol. The summed E-state index contributed by atoms with van der Waals surface area (Å²) in [6.07, 6.45) is 3.52. The third kappa shape index (κ3) is 2.83. The Bertz CT molecular complexity index is 360. The molecule has 0 aromatic carbocycles. The molecule has 1 N–H and O–H groups in total. The van der Waals surface area contributed by atoms with Crippen LogP contribution in [0.1, 0.15) is 20.8 Å². The van der Waals surface area contributed by atoms with Gasteiger partial charge in [-0.15, -0.1) is 11.8 Å². The van der Waals surface area contributed by atoms with Crippen molar-refractivity contribution >= 4 is 23.7 Å². The molecule has 1 aliphatic rings. The summed E-state index contributed by atoms with van der Waals surface area (Å²) in [6, 6.07) is 0. The molecule has 5 heteroatoms. The van der Waals surface area contributed by atoms with E-state index in [2.05, 4.69) is 0 Å². The van der Waals surface area contributed by atoms with E-state index in [-0.39, 0.29) is 17.3 Å². The summed E-state index contributed by atoms with van der Waals surface area (Å²) in [5, 5.41) is 9.03. The Morgan fingerprint density at radius 3 is 2.41 bits per heavy atom. The Hall–Kier alpha value is -0.970. The molecular formula is C12H18O4S. The molecule has 0 spiro atoms. The maximum absolute atomic E-state index is 11.6. The number of esters is 1. The van der Waals surface area contributed by atoms with Crippen LogP contribution in [-0.2, 0) is 14.3 Å². The van der Waals surface area contributed by atoms with Gasteiger partial charge in [0.25, 0.3) is 0 Å². The van der Waals surface area contributed by atoms with E-state index in [4.69, 9.17) is 9.84 Å². The first-order chi connectivity index (χ1) is 7.86. The van der Waals surface area contributed by atoms with Gasteiger partial charge >= 0.3 is 11.9 Å². The molecule has 0 aromatic heterocycles. The number of allylic oxidation sites excluding steroid dienone is 1. The maximum Gasteiger partial charge on any atom is 0.344 e. The number of carboxylic acid groups (broad SMARTS) is 1. The topological polar surface area (TPSA) is 63.6 Å². The number of hydrogen-bond donors (Lipinski definition) is 1. The van der Waals surface area contributed by atoms with E-state index < -0.39 is 11.9 Å². The number of carboxylic acids is 1. The first kappa shape index (κ1) is 14.1. The molecule has 0 heterocycles. The van der Waals surface area contributed by atoms with Gasteiger partial charge in [0, 0.05) is 0 Å². The van der Waals surface area contributed by atoms with Crippen molar-refractivity contribution in [1.29, 1.82) is 0 Å². The summed E-state index contributed by atoms with van der Waals surface area (Å²) in [4.78, 5) is 23.1. The summed E-state index contributed by atoms with van der Waals surface area (Å²) in [7, 11) is 0. The fourth-order valence-corrected chi connectivity index (χ4v) is 2.55. The predicted molar refractivity (Wildman–Crippen MR) is 66.6 cm³/mol. The number of aliphatic carboxylic acids is 1. The number of ether oxygens (including phenoxy) is 1. The lowest BCUT2D eigenvalue weighted by Gasteiger charge is -2.04. The fourth-order valence-electron chi connectivity index (χ4n) is 2.05. The van der Waals surface area contributed by atoms with Gasteiger partial charge in [-0.2, -0.15) is 0 Å². The van der Waals surface area contributed by atoms with E-state index in [9.17, 15) is 9.59 Å². The second-order valence-electron chi connectivity index (χ2n) is 4.62. The molecule has 96 valence electrons. The smallest absolute Gasteiger partial charge is 0.344 e. The minimum atomic E-state index is -0.805. The molecule has 0 aromatic rings. The first-order valence-electron chi connectivity index (χ1n) is 5.52. The lowest BCUT2D eigenvalue weighted by Crippen LogP contribution is -2.06. The van der Waals surface area contributed by atoms with Gasteiger partial charge in [-0.25, -0.2) is 4.79 Å². The zero-order valence-corrected chi connectivity index (χ0v) is 11.3. The van der Waals surface area contributed by atoms with E-state index in [1.807, 2.05) is 13.8 Å². The molecule has 0 radical (unpaired) electrons. The lowest BCUT2D eigenvalue weighted by molar-refractivity contribution is -0.140. The SMILES string of the molecule is CCOC(=O)C(=C[C@@H]1[C@@H](C(=O)O)C1(C)C)SC. The second kappa shape index (κ2) is 5.12. The van der Waals surface area contributed by atoms with Gasteiger partial charge in [-0.1, -0.05) is 19.9 Å². The summed E-state index contributed by atoms with van der Waals surface area (Å²) in [5.41, 5.74) is -0.278. The van der Waals surface area contributed by atoms with E-state index >= 15 is 0 Å². The number of carbonyl (C=O) groups excluding carboxylic acids is 1. The molecule has 1 aliphatic carbocycles. The van der Waals surface area contributed by atoms with Crippen LogP contribution in [0.3, 0.4) is 0 Å². The third-order valence-electron chi connectivity index (χ3n) is 3.20. The first-order valence-corrected chi connectivity index (χ1v) is 6.74. The van der Waals surface area contributed by atoms with E-state index in [0.717, 1.165) is 0 Å². The van der Waals surface area contributed by atoms with Crippen LogP contribution in [0.15, 0.2) is 11.0 Å². The predicted octanol–water partition coefficient (Wildman–Crippen LogP) is 2.15. The molecular weight excluding hydrogens is 240 g/mol. The Morgan fingerprint density at radius 1 is 1.47 bits per heavy atom. The largest absolute Gasteiger partial charge is 0.481 e. The van der Waals surface area contributed by atoms with Crippen molar-refractivity contribution in [2.45, 2.75) is 20.8 Å². The molecule has 17 heavy (non-hydrogen) atoms. The van der Waals surface area contributed by atoms with Crippen molar-refractivity contribution < 1.29 is 19.4 Å². The van der Waals surface area contributed by atoms with Crippen LogP contribution in [0.4, 0.5) is 0 Å². The molecule has 0 bridgehead atoms. The van der Waals surface area contributed by atoms with Crippen LogP contribution >= 0.6 is 11.8 Å². The Kier molecular flexibility index (Phi) is 4.25. The highest BCUT2D eigenvalue weighted by Gasteiger charge is 2.61. The van der Waals surface area contributed by atoms with Crippen molar-refractivity contribution in [2.24, 2.45) is 17.3 Å². The zero-order valence-electron chi connectivity index (χ0n) is 10.5. The molecule has 0 unspecified atom stereocenters. The minimum absolute atomic E-state index is 0.0909. The number of thioether (sulfide) groups is 1. The van der Waals surface area contributed by atoms with Crippen molar-refractivity contribution in [1.82, 2.24) is 0 Å². The molecule has 0 saturated heterocycles. The standard InChI is InChI=1S/C12H18O4S/c1-5-16-11(15)8(17-4)6-7-9(10(13)14)12(7,2)3/h6-7,9H,5H2,1-4H3,(H,13,14)/t7-,9+/m1/s1. The molecule has 2 atom stereocenters. The van der Waals surface area contributed by atoms with Crippen LogP contribution < -0.4 is 0 Å². The van der Waals surface area contributed by atoms with Crippen LogP contribution in [0, 0.1) is 17.3 Å². The van der Waals surface area contributed by atoms with E-state index in [0.29, 0.717) is 11.5 Å². The summed E-state index contributed by atoms with van der Waals surface area (Å²) >= 11 is 1.29. The van der Waals surface area contributed by atoms with E-state index in [1.165, 1.54) is 11.8 Å². The van der Waals surface area contributed by atoms with Crippen molar-refractivity contribution in [3.8, 4) is 0 Å². The normalized spacial score (nSPS) is 26.5. The summed E-state index contributed by atoms with van der Waals surface area (Å²) < 4.78 is 4.91.